The summed E-state index contributed by atoms with van der Waals surface area (Å²) in [6, 6.07) is 13.5. The number of benzene rings is 1. The van der Waals surface area contributed by atoms with Gasteiger partial charge in [0, 0.05) is 24.6 Å². The molecule has 112 valence electrons. The van der Waals surface area contributed by atoms with E-state index in [1.54, 1.807) is 0 Å². The van der Waals surface area contributed by atoms with Crippen molar-refractivity contribution in [3.8, 4) is 0 Å². The average Bonchev–Trinajstić information content (AvgIpc) is 2.97. The highest BCUT2D eigenvalue weighted by atomic mass is 16.3. The van der Waals surface area contributed by atoms with Crippen LogP contribution in [-0.2, 0) is 6.42 Å². The highest BCUT2D eigenvalue weighted by Gasteiger charge is 2.24. The molecule has 0 radical (unpaired) electrons. The largest absolute Gasteiger partial charge is 0.469 e. The van der Waals surface area contributed by atoms with Gasteiger partial charge >= 0.3 is 0 Å². The minimum Gasteiger partial charge on any atom is -0.469 e. The first-order chi connectivity index (χ1) is 10.3. The van der Waals surface area contributed by atoms with Gasteiger partial charge in [-0.05, 0) is 36.3 Å². The van der Waals surface area contributed by atoms with Crippen LogP contribution in [0.2, 0.25) is 0 Å². The Hall–Kier alpha value is -1.54. The first-order valence-electron chi connectivity index (χ1n) is 8.10. The fourth-order valence-electron chi connectivity index (χ4n) is 3.41. The molecule has 0 saturated carbocycles. The van der Waals surface area contributed by atoms with Crippen LogP contribution in [0.3, 0.4) is 0 Å². The number of aryl methyl sites for hydroxylation is 1. The van der Waals surface area contributed by atoms with Crippen molar-refractivity contribution in [1.29, 1.82) is 0 Å². The second-order valence-corrected chi connectivity index (χ2v) is 6.41. The zero-order valence-electron chi connectivity index (χ0n) is 13.0. The van der Waals surface area contributed by atoms with Crippen LogP contribution in [0, 0.1) is 5.92 Å². The topological polar surface area (TPSA) is 25.2 Å². The van der Waals surface area contributed by atoms with Crippen molar-refractivity contribution < 1.29 is 4.42 Å². The van der Waals surface area contributed by atoms with Gasteiger partial charge in [0.2, 0.25) is 0 Å². The van der Waals surface area contributed by atoms with E-state index in [0.717, 1.165) is 13.0 Å². The number of furan rings is 1. The molecule has 0 bridgehead atoms. The van der Waals surface area contributed by atoms with Crippen LogP contribution in [0.1, 0.15) is 55.5 Å². The molecule has 2 nitrogen and oxygen atoms in total. The van der Waals surface area contributed by atoms with E-state index in [0.29, 0.717) is 17.9 Å². The van der Waals surface area contributed by atoms with Crippen molar-refractivity contribution in [3.63, 3.8) is 0 Å². The molecule has 2 unspecified atom stereocenters. The summed E-state index contributed by atoms with van der Waals surface area (Å²) < 4.78 is 5.59. The molecule has 3 rings (SSSR count). The number of hydrogen-bond donors (Lipinski definition) is 1. The van der Waals surface area contributed by atoms with Crippen molar-refractivity contribution in [2.24, 2.45) is 5.92 Å². The Kier molecular flexibility index (Phi) is 4.45. The zero-order valence-corrected chi connectivity index (χ0v) is 13.0. The molecule has 0 amide bonds. The van der Waals surface area contributed by atoms with E-state index < -0.39 is 0 Å². The summed E-state index contributed by atoms with van der Waals surface area (Å²) >= 11 is 0. The lowest BCUT2D eigenvalue weighted by Crippen LogP contribution is -2.30. The predicted octanol–water partition coefficient (Wildman–Crippen LogP) is 4.69. The lowest BCUT2D eigenvalue weighted by Gasteiger charge is -2.28. The van der Waals surface area contributed by atoms with Crippen LogP contribution >= 0.6 is 0 Å². The van der Waals surface area contributed by atoms with Gasteiger partial charge in [-0.15, -0.1) is 0 Å². The Bertz CT molecular complexity index is 558. The SMILES string of the molecule is CC(C)C(CNC1CCCc2occc21)c1ccccc1. The van der Waals surface area contributed by atoms with E-state index in [1.165, 1.54) is 29.7 Å². The number of rotatable bonds is 5. The Morgan fingerprint density at radius 1 is 1.19 bits per heavy atom. The Morgan fingerprint density at radius 3 is 2.76 bits per heavy atom. The summed E-state index contributed by atoms with van der Waals surface area (Å²) in [6.45, 7) is 5.64. The molecule has 0 fully saturated rings. The third-order valence-electron chi connectivity index (χ3n) is 4.67. The summed E-state index contributed by atoms with van der Waals surface area (Å²) in [5, 5.41) is 3.78. The normalized spacial score (nSPS) is 19.5. The van der Waals surface area contributed by atoms with Gasteiger partial charge in [0.15, 0.2) is 0 Å². The van der Waals surface area contributed by atoms with E-state index in [9.17, 15) is 0 Å². The Labute approximate surface area is 127 Å². The minimum atomic E-state index is 0.456. The van der Waals surface area contributed by atoms with Crippen LogP contribution in [0.25, 0.3) is 0 Å². The molecule has 2 atom stereocenters. The average molecular weight is 283 g/mol. The molecule has 0 spiro atoms. The second kappa shape index (κ2) is 6.48. The van der Waals surface area contributed by atoms with E-state index in [4.69, 9.17) is 4.42 Å². The minimum absolute atomic E-state index is 0.456. The van der Waals surface area contributed by atoms with Crippen molar-refractivity contribution in [3.05, 3.63) is 59.5 Å². The van der Waals surface area contributed by atoms with Gasteiger partial charge in [-0.25, -0.2) is 0 Å². The van der Waals surface area contributed by atoms with Crippen LogP contribution in [0.4, 0.5) is 0 Å². The molecule has 2 aromatic rings. The van der Waals surface area contributed by atoms with Crippen molar-refractivity contribution >= 4 is 0 Å². The van der Waals surface area contributed by atoms with E-state index in [1.807, 2.05) is 6.26 Å². The molecular formula is C19H25NO. The maximum atomic E-state index is 5.59. The van der Waals surface area contributed by atoms with Gasteiger partial charge in [0.05, 0.1) is 6.26 Å². The van der Waals surface area contributed by atoms with Crippen LogP contribution in [-0.4, -0.2) is 6.54 Å². The number of nitrogens with one attached hydrogen (secondary N) is 1. The maximum absolute atomic E-state index is 5.59. The standard InChI is InChI=1S/C19H25NO/c1-14(2)17(15-7-4-3-5-8-15)13-20-18-9-6-10-19-16(18)11-12-21-19/h3-5,7-8,11-12,14,17-18,20H,6,9-10,13H2,1-2H3. The summed E-state index contributed by atoms with van der Waals surface area (Å²) in [6.07, 6.45) is 5.36. The first kappa shape index (κ1) is 14.4. The molecule has 1 aliphatic carbocycles. The maximum Gasteiger partial charge on any atom is 0.108 e. The summed E-state index contributed by atoms with van der Waals surface area (Å²) in [5.74, 6) is 2.37. The van der Waals surface area contributed by atoms with Gasteiger partial charge in [-0.3, -0.25) is 0 Å². The van der Waals surface area contributed by atoms with Gasteiger partial charge in [0.1, 0.15) is 5.76 Å². The lowest BCUT2D eigenvalue weighted by atomic mass is 9.87. The molecule has 0 aliphatic heterocycles. The molecule has 2 heteroatoms. The molecule has 1 aromatic carbocycles. The first-order valence-corrected chi connectivity index (χ1v) is 8.10. The summed E-state index contributed by atoms with van der Waals surface area (Å²) in [5.41, 5.74) is 2.81. The van der Waals surface area contributed by atoms with Crippen molar-refractivity contribution in [2.75, 3.05) is 6.54 Å². The second-order valence-electron chi connectivity index (χ2n) is 6.41. The predicted molar refractivity (Wildman–Crippen MR) is 86.4 cm³/mol. The fraction of sp³-hybridized carbons (Fsp3) is 0.474. The Balaban J connectivity index is 1.69. The summed E-state index contributed by atoms with van der Waals surface area (Å²) in [7, 11) is 0. The van der Waals surface area contributed by atoms with Gasteiger partial charge in [0.25, 0.3) is 0 Å². The molecule has 1 N–H and O–H groups in total. The lowest BCUT2D eigenvalue weighted by molar-refractivity contribution is 0.380. The molecule has 0 saturated heterocycles. The van der Waals surface area contributed by atoms with E-state index in [2.05, 4.69) is 55.6 Å². The molecule has 1 aromatic heterocycles. The number of fused-ring (bicyclic) bond motifs is 1. The quantitative estimate of drug-likeness (QED) is 0.861. The van der Waals surface area contributed by atoms with E-state index >= 15 is 0 Å². The van der Waals surface area contributed by atoms with Gasteiger partial charge < -0.3 is 9.73 Å². The van der Waals surface area contributed by atoms with Crippen molar-refractivity contribution in [1.82, 2.24) is 5.32 Å². The number of hydrogen-bond acceptors (Lipinski definition) is 2. The molecular weight excluding hydrogens is 258 g/mol. The summed E-state index contributed by atoms with van der Waals surface area (Å²) in [4.78, 5) is 0. The molecule has 21 heavy (non-hydrogen) atoms. The third kappa shape index (κ3) is 3.21. The zero-order chi connectivity index (χ0) is 14.7. The molecule has 1 aliphatic rings. The van der Waals surface area contributed by atoms with Crippen LogP contribution in [0.5, 0.6) is 0 Å². The molecule has 1 heterocycles. The fourth-order valence-corrected chi connectivity index (χ4v) is 3.41. The van der Waals surface area contributed by atoms with Crippen LogP contribution < -0.4 is 5.32 Å². The Morgan fingerprint density at radius 2 is 2.00 bits per heavy atom. The van der Waals surface area contributed by atoms with Crippen LogP contribution in [0.15, 0.2) is 47.1 Å². The van der Waals surface area contributed by atoms with Gasteiger partial charge in [-0.2, -0.15) is 0 Å². The third-order valence-corrected chi connectivity index (χ3v) is 4.67. The van der Waals surface area contributed by atoms with E-state index in [-0.39, 0.29) is 0 Å². The van der Waals surface area contributed by atoms with Crippen molar-refractivity contribution in [2.45, 2.75) is 45.1 Å². The highest BCUT2D eigenvalue weighted by molar-refractivity contribution is 5.25. The monoisotopic (exact) mass is 283 g/mol. The smallest absolute Gasteiger partial charge is 0.108 e. The highest BCUT2D eigenvalue weighted by Crippen LogP contribution is 2.31. The van der Waals surface area contributed by atoms with Gasteiger partial charge in [-0.1, -0.05) is 44.2 Å².